The van der Waals surface area contributed by atoms with E-state index in [0.29, 0.717) is 0 Å². The van der Waals surface area contributed by atoms with E-state index >= 15 is 0 Å². The first-order valence-electron chi connectivity index (χ1n) is 5.46. The van der Waals surface area contributed by atoms with Gasteiger partial charge in [0.05, 0.1) is 5.75 Å². The maximum absolute atomic E-state index is 12.0. The number of ether oxygens (including phenoxy) is 1. The molecule has 5 nitrogen and oxygen atoms in total. The fraction of sp³-hybridized carbons (Fsp3) is 0.900. The van der Waals surface area contributed by atoms with Crippen molar-refractivity contribution in [1.29, 1.82) is 0 Å². The summed E-state index contributed by atoms with van der Waals surface area (Å²) in [7, 11) is -4.36. The summed E-state index contributed by atoms with van der Waals surface area (Å²) in [5.41, 5.74) is -0.582. The van der Waals surface area contributed by atoms with Crippen LogP contribution in [0.3, 0.4) is 0 Å². The number of hydrogen-bond donors (Lipinski definition) is 1. The number of alkyl carbamates (subject to hydrolysis) is 1. The van der Waals surface area contributed by atoms with Crippen LogP contribution >= 0.6 is 0 Å². The van der Waals surface area contributed by atoms with Crippen LogP contribution < -0.4 is 5.32 Å². The topological polar surface area (TPSA) is 72.5 Å². The molecule has 0 aliphatic heterocycles. The number of amides is 1. The molecule has 114 valence electrons. The summed E-state index contributed by atoms with van der Waals surface area (Å²) in [6, 6.07) is 0. The van der Waals surface area contributed by atoms with Crippen LogP contribution in [0.5, 0.6) is 0 Å². The average molecular weight is 305 g/mol. The molecule has 1 atom stereocenters. The van der Waals surface area contributed by atoms with E-state index in [-0.39, 0.29) is 0 Å². The maximum Gasteiger partial charge on any atom is 0.407 e. The highest BCUT2D eigenvalue weighted by Crippen LogP contribution is 2.18. The first kappa shape index (κ1) is 18.0. The lowest BCUT2D eigenvalue weighted by Gasteiger charge is -2.22. The van der Waals surface area contributed by atoms with E-state index in [2.05, 4.69) is 10.1 Å². The number of halogens is 3. The highest BCUT2D eigenvalue weighted by atomic mass is 32.2. The predicted octanol–water partition coefficient (Wildman–Crippen LogP) is 1.88. The van der Waals surface area contributed by atoms with Crippen molar-refractivity contribution >= 4 is 15.9 Å². The molecule has 0 bridgehead atoms. The number of carbonyl (C=O) groups is 1. The van der Waals surface area contributed by atoms with Gasteiger partial charge in [-0.3, -0.25) is 0 Å². The Kier molecular flexibility index (Phi) is 5.66. The highest BCUT2D eigenvalue weighted by molar-refractivity contribution is 7.91. The molecule has 0 radical (unpaired) electrons. The SMILES string of the molecule is C[C@H](CS(=O)(=O)CC(F)(F)F)OC(=O)NC(C)(C)C. The van der Waals surface area contributed by atoms with Crippen molar-refractivity contribution in [3.05, 3.63) is 0 Å². The molecule has 0 aromatic heterocycles. The van der Waals surface area contributed by atoms with Crippen molar-refractivity contribution in [3.8, 4) is 0 Å². The second kappa shape index (κ2) is 5.98. The lowest BCUT2D eigenvalue weighted by atomic mass is 10.1. The zero-order chi connectivity index (χ0) is 15.5. The summed E-state index contributed by atoms with van der Waals surface area (Å²) in [6.07, 6.45) is -6.83. The Balaban J connectivity index is 4.40. The minimum absolute atomic E-state index is 0.582. The molecule has 0 aromatic rings. The van der Waals surface area contributed by atoms with Crippen LogP contribution in [-0.2, 0) is 14.6 Å². The van der Waals surface area contributed by atoms with E-state index in [4.69, 9.17) is 0 Å². The highest BCUT2D eigenvalue weighted by Gasteiger charge is 2.36. The Morgan fingerprint density at radius 2 is 1.74 bits per heavy atom. The van der Waals surface area contributed by atoms with Gasteiger partial charge < -0.3 is 10.1 Å². The van der Waals surface area contributed by atoms with Crippen molar-refractivity contribution in [2.45, 2.75) is 45.5 Å². The number of rotatable bonds is 4. The van der Waals surface area contributed by atoms with Crippen molar-refractivity contribution < 1.29 is 31.1 Å². The van der Waals surface area contributed by atoms with E-state index in [1.54, 1.807) is 20.8 Å². The fourth-order valence-corrected chi connectivity index (χ4v) is 2.62. The van der Waals surface area contributed by atoms with E-state index in [1.807, 2.05) is 0 Å². The molecule has 0 aliphatic carbocycles. The third-order valence-corrected chi connectivity index (χ3v) is 3.40. The normalized spacial score (nSPS) is 14.9. The van der Waals surface area contributed by atoms with Gasteiger partial charge in [-0.25, -0.2) is 13.2 Å². The molecule has 0 fully saturated rings. The largest absolute Gasteiger partial charge is 0.445 e. The van der Waals surface area contributed by atoms with Gasteiger partial charge in [-0.05, 0) is 27.7 Å². The molecule has 0 aliphatic rings. The summed E-state index contributed by atoms with van der Waals surface area (Å²) in [4.78, 5) is 11.3. The van der Waals surface area contributed by atoms with Crippen LogP contribution in [0.2, 0.25) is 0 Å². The lowest BCUT2D eigenvalue weighted by molar-refractivity contribution is -0.106. The van der Waals surface area contributed by atoms with Crippen molar-refractivity contribution in [3.63, 3.8) is 0 Å². The molecule has 0 unspecified atom stereocenters. The molecule has 0 saturated carbocycles. The van der Waals surface area contributed by atoms with Gasteiger partial charge in [0.1, 0.15) is 11.9 Å². The Bertz CT molecular complexity index is 411. The maximum atomic E-state index is 12.0. The second-order valence-electron chi connectivity index (χ2n) is 5.26. The quantitative estimate of drug-likeness (QED) is 0.860. The Hall–Kier alpha value is -0.990. The van der Waals surface area contributed by atoms with E-state index in [9.17, 15) is 26.4 Å². The van der Waals surface area contributed by atoms with E-state index in [1.165, 1.54) is 6.92 Å². The predicted molar refractivity (Wildman–Crippen MR) is 63.5 cm³/mol. The van der Waals surface area contributed by atoms with Gasteiger partial charge in [0.15, 0.2) is 9.84 Å². The first-order valence-corrected chi connectivity index (χ1v) is 7.28. The molecule has 0 saturated heterocycles. The van der Waals surface area contributed by atoms with Crippen molar-refractivity contribution in [1.82, 2.24) is 5.32 Å². The monoisotopic (exact) mass is 305 g/mol. The van der Waals surface area contributed by atoms with Crippen LogP contribution in [0.1, 0.15) is 27.7 Å². The van der Waals surface area contributed by atoms with Crippen LogP contribution in [0.4, 0.5) is 18.0 Å². The standard InChI is InChI=1S/C10H18F3NO4S/c1-7(18-8(15)14-9(2,3)4)5-19(16,17)6-10(11,12)13/h7H,5-6H2,1-4H3,(H,14,15)/t7-/m1/s1. The Labute approximate surface area is 110 Å². The minimum Gasteiger partial charge on any atom is -0.445 e. The lowest BCUT2D eigenvalue weighted by Crippen LogP contribution is -2.43. The third-order valence-electron chi connectivity index (χ3n) is 1.66. The van der Waals surface area contributed by atoms with Crippen LogP contribution in [0.25, 0.3) is 0 Å². The van der Waals surface area contributed by atoms with Gasteiger partial charge in [-0.1, -0.05) is 0 Å². The van der Waals surface area contributed by atoms with Crippen LogP contribution in [-0.4, -0.2) is 43.8 Å². The molecule has 1 amide bonds. The van der Waals surface area contributed by atoms with Gasteiger partial charge in [-0.15, -0.1) is 0 Å². The second-order valence-corrected chi connectivity index (χ2v) is 7.37. The summed E-state index contributed by atoms with van der Waals surface area (Å²) in [6.45, 7) is 6.26. The summed E-state index contributed by atoms with van der Waals surface area (Å²) in [5.74, 6) is -2.79. The summed E-state index contributed by atoms with van der Waals surface area (Å²) < 4.78 is 63.0. The molecule has 19 heavy (non-hydrogen) atoms. The number of carbonyl (C=O) groups excluding carboxylic acids is 1. The van der Waals surface area contributed by atoms with Crippen LogP contribution in [0.15, 0.2) is 0 Å². The smallest absolute Gasteiger partial charge is 0.407 e. The number of alkyl halides is 3. The zero-order valence-electron chi connectivity index (χ0n) is 11.2. The minimum atomic E-state index is -4.80. The molecule has 9 heteroatoms. The fourth-order valence-electron chi connectivity index (χ4n) is 1.22. The van der Waals surface area contributed by atoms with E-state index in [0.717, 1.165) is 0 Å². The third kappa shape index (κ3) is 10.6. The molecular formula is C10H18F3NO4S. The molecular weight excluding hydrogens is 287 g/mol. The summed E-state index contributed by atoms with van der Waals surface area (Å²) >= 11 is 0. The van der Waals surface area contributed by atoms with Gasteiger partial charge in [0.2, 0.25) is 0 Å². The number of hydrogen-bond acceptors (Lipinski definition) is 4. The molecule has 1 N–H and O–H groups in total. The van der Waals surface area contributed by atoms with Gasteiger partial charge in [0.25, 0.3) is 0 Å². The van der Waals surface area contributed by atoms with Gasteiger partial charge >= 0.3 is 12.3 Å². The van der Waals surface area contributed by atoms with Crippen LogP contribution in [0, 0.1) is 0 Å². The average Bonchev–Trinajstić information content (AvgIpc) is 1.89. The van der Waals surface area contributed by atoms with E-state index < -0.39 is 45.3 Å². The molecule has 0 spiro atoms. The summed E-state index contributed by atoms with van der Waals surface area (Å²) in [5, 5.41) is 2.41. The molecule has 0 aromatic carbocycles. The molecule has 0 heterocycles. The number of sulfone groups is 1. The number of nitrogens with one attached hydrogen (secondary N) is 1. The van der Waals surface area contributed by atoms with Crippen molar-refractivity contribution in [2.24, 2.45) is 0 Å². The zero-order valence-corrected chi connectivity index (χ0v) is 12.0. The van der Waals surface area contributed by atoms with Crippen molar-refractivity contribution in [2.75, 3.05) is 11.5 Å². The van der Waals surface area contributed by atoms with Gasteiger partial charge in [-0.2, -0.15) is 13.2 Å². The Morgan fingerprint density at radius 3 is 2.11 bits per heavy atom. The van der Waals surface area contributed by atoms with Gasteiger partial charge in [0, 0.05) is 5.54 Å². The molecule has 0 rings (SSSR count). The Morgan fingerprint density at radius 1 is 1.26 bits per heavy atom. The first-order chi connectivity index (χ1) is 8.20.